The molecule has 0 atom stereocenters. The van der Waals surface area contributed by atoms with Crippen LogP contribution in [-0.2, 0) is 7.05 Å². The van der Waals surface area contributed by atoms with E-state index in [0.29, 0.717) is 9.50 Å². The van der Waals surface area contributed by atoms with Crippen LogP contribution in [0, 0.1) is 0 Å². The Kier molecular flexibility index (Phi) is 2.48. The van der Waals surface area contributed by atoms with Crippen molar-refractivity contribution in [1.29, 1.82) is 0 Å². The number of fused-ring (bicyclic) bond motifs is 1. The van der Waals surface area contributed by atoms with E-state index in [-0.39, 0.29) is 5.69 Å². The number of carboxylic acid groups (broad SMARTS) is 1. The maximum absolute atomic E-state index is 11.0. The van der Waals surface area contributed by atoms with Gasteiger partial charge in [0.25, 0.3) is 0 Å². The van der Waals surface area contributed by atoms with E-state index in [9.17, 15) is 4.79 Å². The first-order valence-corrected chi connectivity index (χ1v) is 5.37. The van der Waals surface area contributed by atoms with Gasteiger partial charge in [-0.3, -0.25) is 0 Å². The highest BCUT2D eigenvalue weighted by atomic mass is 79.9. The zero-order valence-corrected chi connectivity index (χ0v) is 10.1. The summed E-state index contributed by atoms with van der Waals surface area (Å²) in [6, 6.07) is 5.36. The fraction of sp³-hybridized carbons (Fsp3) is 0.100. The Morgan fingerprint density at radius 3 is 2.73 bits per heavy atom. The molecule has 78 valence electrons. The molecule has 5 heteroatoms. The Morgan fingerprint density at radius 2 is 2.20 bits per heavy atom. The molecule has 0 amide bonds. The second kappa shape index (κ2) is 3.54. The summed E-state index contributed by atoms with van der Waals surface area (Å²) < 4.78 is 2.14. The van der Waals surface area contributed by atoms with Crippen molar-refractivity contribution >= 4 is 44.4 Å². The Labute approximate surface area is 99.4 Å². The summed E-state index contributed by atoms with van der Waals surface area (Å²) in [7, 11) is 1.68. The molecular weight excluding hydrogens is 281 g/mol. The summed E-state index contributed by atoms with van der Waals surface area (Å²) in [5, 5.41) is 10.4. The number of rotatable bonds is 1. The number of hydrogen-bond donors (Lipinski definition) is 1. The van der Waals surface area contributed by atoms with E-state index in [4.69, 9.17) is 16.7 Å². The number of hydrogen-bond acceptors (Lipinski definition) is 1. The van der Waals surface area contributed by atoms with Crippen LogP contribution < -0.4 is 0 Å². The molecule has 2 aromatic rings. The topological polar surface area (TPSA) is 42.2 Å². The minimum atomic E-state index is -0.975. The number of aromatic carboxylic acids is 1. The Bertz CT molecular complexity index is 562. The van der Waals surface area contributed by atoms with Gasteiger partial charge >= 0.3 is 5.97 Å². The van der Waals surface area contributed by atoms with E-state index >= 15 is 0 Å². The number of halogens is 2. The number of carboxylic acids is 1. The number of carbonyl (C=O) groups is 1. The van der Waals surface area contributed by atoms with Gasteiger partial charge in [0, 0.05) is 12.4 Å². The first-order chi connectivity index (χ1) is 7.04. The number of benzene rings is 1. The maximum atomic E-state index is 11.0. The molecule has 0 saturated heterocycles. The molecule has 3 nitrogen and oxygen atoms in total. The highest BCUT2D eigenvalue weighted by Gasteiger charge is 2.19. The number of nitrogens with zero attached hydrogens (tertiary/aromatic N) is 1. The largest absolute Gasteiger partial charge is 0.477 e. The van der Waals surface area contributed by atoms with Crippen molar-refractivity contribution in [2.75, 3.05) is 0 Å². The lowest BCUT2D eigenvalue weighted by Crippen LogP contribution is -2.04. The summed E-state index contributed by atoms with van der Waals surface area (Å²) >= 11 is 9.29. The van der Waals surface area contributed by atoms with Gasteiger partial charge in [-0.25, -0.2) is 4.79 Å². The van der Waals surface area contributed by atoms with E-state index < -0.39 is 5.97 Å². The first-order valence-electron chi connectivity index (χ1n) is 4.19. The molecule has 0 saturated carbocycles. The lowest BCUT2D eigenvalue weighted by Gasteiger charge is -2.00. The quantitative estimate of drug-likeness (QED) is 0.875. The van der Waals surface area contributed by atoms with Gasteiger partial charge in [-0.15, -0.1) is 0 Å². The van der Waals surface area contributed by atoms with E-state index in [1.165, 1.54) is 0 Å². The summed E-state index contributed by atoms with van der Waals surface area (Å²) in [4.78, 5) is 11.0. The molecule has 0 bridgehead atoms. The molecular formula is C10H7BrClNO2. The van der Waals surface area contributed by atoms with Crippen LogP contribution in [0.2, 0.25) is 5.02 Å². The van der Waals surface area contributed by atoms with Crippen molar-refractivity contribution < 1.29 is 9.90 Å². The average molecular weight is 289 g/mol. The van der Waals surface area contributed by atoms with Crippen LogP contribution in [0.1, 0.15) is 10.5 Å². The van der Waals surface area contributed by atoms with E-state index in [0.717, 1.165) is 10.9 Å². The molecule has 0 spiro atoms. The van der Waals surface area contributed by atoms with Crippen molar-refractivity contribution in [3.8, 4) is 0 Å². The lowest BCUT2D eigenvalue weighted by atomic mass is 10.2. The molecule has 0 unspecified atom stereocenters. The fourth-order valence-electron chi connectivity index (χ4n) is 1.66. The van der Waals surface area contributed by atoms with Crippen LogP contribution >= 0.6 is 27.5 Å². The van der Waals surface area contributed by atoms with Gasteiger partial charge < -0.3 is 9.67 Å². The molecule has 0 aliphatic heterocycles. The smallest absolute Gasteiger partial charge is 0.353 e. The minimum absolute atomic E-state index is 0.207. The van der Waals surface area contributed by atoms with E-state index in [1.54, 1.807) is 23.7 Å². The molecule has 0 aliphatic carbocycles. The maximum Gasteiger partial charge on any atom is 0.353 e. The Hall–Kier alpha value is -1.00. The van der Waals surface area contributed by atoms with Gasteiger partial charge in [0.2, 0.25) is 0 Å². The standard InChI is InChI=1S/C10H7BrClNO2/c1-13-8-5(3-2-4-6(8)12)7(11)9(13)10(14)15/h2-4H,1H3,(H,14,15). The van der Waals surface area contributed by atoms with Gasteiger partial charge in [-0.1, -0.05) is 23.7 Å². The van der Waals surface area contributed by atoms with Gasteiger partial charge in [-0.2, -0.15) is 0 Å². The lowest BCUT2D eigenvalue weighted by molar-refractivity contribution is 0.0686. The molecule has 1 heterocycles. The normalized spacial score (nSPS) is 10.9. The molecule has 1 aromatic heterocycles. The third-order valence-electron chi connectivity index (χ3n) is 2.30. The summed E-state index contributed by atoms with van der Waals surface area (Å²) in [5.74, 6) is -0.975. The predicted octanol–water partition coefficient (Wildman–Crippen LogP) is 3.29. The van der Waals surface area contributed by atoms with Crippen molar-refractivity contribution in [2.24, 2.45) is 7.05 Å². The number of aromatic nitrogens is 1. The van der Waals surface area contributed by atoms with Gasteiger partial charge in [0.15, 0.2) is 0 Å². The predicted molar refractivity (Wildman–Crippen MR) is 62.6 cm³/mol. The SMILES string of the molecule is Cn1c(C(=O)O)c(Br)c2cccc(Cl)c21. The molecule has 0 fully saturated rings. The third-order valence-corrected chi connectivity index (χ3v) is 3.41. The van der Waals surface area contributed by atoms with Crippen LogP contribution in [0.5, 0.6) is 0 Å². The summed E-state index contributed by atoms with van der Waals surface area (Å²) in [6.45, 7) is 0. The first kappa shape index (κ1) is 10.5. The van der Waals surface area contributed by atoms with Crippen LogP contribution in [0.4, 0.5) is 0 Å². The summed E-state index contributed by atoms with van der Waals surface area (Å²) in [6.07, 6.45) is 0. The van der Waals surface area contributed by atoms with Crippen molar-refractivity contribution in [2.45, 2.75) is 0 Å². The zero-order valence-electron chi connectivity index (χ0n) is 7.79. The highest BCUT2D eigenvalue weighted by molar-refractivity contribution is 9.10. The molecule has 1 aromatic carbocycles. The minimum Gasteiger partial charge on any atom is -0.477 e. The van der Waals surface area contributed by atoms with Crippen LogP contribution in [0.3, 0.4) is 0 Å². The molecule has 15 heavy (non-hydrogen) atoms. The zero-order chi connectivity index (χ0) is 11.2. The van der Waals surface area contributed by atoms with Crippen molar-refractivity contribution in [3.63, 3.8) is 0 Å². The highest BCUT2D eigenvalue weighted by Crippen LogP contribution is 2.34. The fourth-order valence-corrected chi connectivity index (χ4v) is 2.71. The van der Waals surface area contributed by atoms with Gasteiger partial charge in [-0.05, 0) is 22.0 Å². The Balaban J connectivity index is 2.98. The number of aryl methyl sites for hydroxylation is 1. The summed E-state index contributed by atoms with van der Waals surface area (Å²) in [5.41, 5.74) is 0.932. The van der Waals surface area contributed by atoms with Crippen LogP contribution in [0.15, 0.2) is 22.7 Å². The molecule has 0 radical (unpaired) electrons. The Morgan fingerprint density at radius 1 is 1.53 bits per heavy atom. The average Bonchev–Trinajstić information content (AvgIpc) is 2.40. The molecule has 1 N–H and O–H groups in total. The second-order valence-electron chi connectivity index (χ2n) is 3.16. The van der Waals surface area contributed by atoms with Crippen LogP contribution in [0.25, 0.3) is 10.9 Å². The second-order valence-corrected chi connectivity index (χ2v) is 4.36. The molecule has 2 rings (SSSR count). The van der Waals surface area contributed by atoms with Crippen molar-refractivity contribution in [3.05, 3.63) is 33.4 Å². The number of para-hydroxylation sites is 1. The van der Waals surface area contributed by atoms with E-state index in [1.807, 2.05) is 6.07 Å². The van der Waals surface area contributed by atoms with E-state index in [2.05, 4.69) is 15.9 Å². The third kappa shape index (κ3) is 1.44. The van der Waals surface area contributed by atoms with Crippen molar-refractivity contribution in [1.82, 2.24) is 4.57 Å². The molecule has 0 aliphatic rings. The van der Waals surface area contributed by atoms with Gasteiger partial charge in [0.05, 0.1) is 15.0 Å². The monoisotopic (exact) mass is 287 g/mol. The van der Waals surface area contributed by atoms with Gasteiger partial charge in [0.1, 0.15) is 5.69 Å². The van der Waals surface area contributed by atoms with Crippen LogP contribution in [-0.4, -0.2) is 15.6 Å².